The zero-order valence-electron chi connectivity index (χ0n) is 14.7. The monoisotopic (exact) mass is 343 g/mol. The molecule has 0 amide bonds. The quantitative estimate of drug-likeness (QED) is 0.852. The van der Waals surface area contributed by atoms with Crippen LogP contribution in [-0.4, -0.2) is 59.8 Å². The van der Waals surface area contributed by atoms with Crippen molar-refractivity contribution >= 4 is 5.69 Å². The number of hydrogen-bond donors (Lipinski definition) is 1. The third-order valence-corrected chi connectivity index (χ3v) is 4.93. The summed E-state index contributed by atoms with van der Waals surface area (Å²) in [5.41, 5.74) is 4.24. The second-order valence-corrected chi connectivity index (χ2v) is 6.72. The Balaban J connectivity index is 1.29. The molecule has 7 nitrogen and oxygen atoms in total. The van der Waals surface area contributed by atoms with Gasteiger partial charge in [-0.15, -0.1) is 0 Å². The van der Waals surface area contributed by atoms with Gasteiger partial charge < -0.3 is 14.6 Å². The Morgan fingerprint density at radius 3 is 2.76 bits per heavy atom. The number of rotatable bonds is 6. The van der Waals surface area contributed by atoms with E-state index in [1.165, 1.54) is 16.8 Å². The van der Waals surface area contributed by atoms with Crippen LogP contribution in [-0.2, 0) is 30.9 Å². The Labute approximate surface area is 147 Å². The lowest BCUT2D eigenvalue weighted by atomic mass is 10.1. The summed E-state index contributed by atoms with van der Waals surface area (Å²) in [5, 5.41) is 7.46. The Morgan fingerprint density at radius 1 is 1.16 bits per heavy atom. The van der Waals surface area contributed by atoms with E-state index < -0.39 is 0 Å². The largest absolute Gasteiger partial charge is 0.384 e. The van der Waals surface area contributed by atoms with Gasteiger partial charge in [0, 0.05) is 52.1 Å². The lowest BCUT2D eigenvalue weighted by molar-refractivity contribution is 0.112. The number of methoxy groups -OCH3 is 1. The molecule has 4 rings (SSSR count). The minimum absolute atomic E-state index is 0.396. The lowest BCUT2D eigenvalue weighted by Gasteiger charge is -2.34. The molecule has 1 aromatic heterocycles. The van der Waals surface area contributed by atoms with Crippen molar-refractivity contribution in [1.29, 1.82) is 0 Å². The molecule has 0 aliphatic carbocycles. The van der Waals surface area contributed by atoms with Crippen molar-refractivity contribution < 1.29 is 9.26 Å². The summed E-state index contributed by atoms with van der Waals surface area (Å²) < 4.78 is 10.3. The molecule has 2 aliphatic heterocycles. The van der Waals surface area contributed by atoms with Crippen LogP contribution >= 0.6 is 0 Å². The maximum Gasteiger partial charge on any atom is 0.240 e. The predicted molar refractivity (Wildman–Crippen MR) is 94.2 cm³/mol. The van der Waals surface area contributed by atoms with Crippen LogP contribution in [0.2, 0.25) is 0 Å². The van der Waals surface area contributed by atoms with Gasteiger partial charge in [0.15, 0.2) is 5.82 Å². The van der Waals surface area contributed by atoms with Gasteiger partial charge in [0.1, 0.15) is 6.61 Å². The summed E-state index contributed by atoms with van der Waals surface area (Å²) >= 11 is 0. The van der Waals surface area contributed by atoms with Gasteiger partial charge in [0.2, 0.25) is 5.89 Å². The van der Waals surface area contributed by atoms with Crippen molar-refractivity contribution in [2.24, 2.45) is 0 Å². The number of nitrogens with zero attached hydrogens (tertiary/aromatic N) is 4. The highest BCUT2D eigenvalue weighted by Gasteiger charge is 2.21. The number of piperazine rings is 1. The minimum Gasteiger partial charge on any atom is -0.384 e. The summed E-state index contributed by atoms with van der Waals surface area (Å²) in [6.45, 7) is 7.35. The first-order valence-electron chi connectivity index (χ1n) is 8.91. The molecule has 3 heterocycles. The van der Waals surface area contributed by atoms with Crippen molar-refractivity contribution in [1.82, 2.24) is 19.9 Å². The number of hydrogen-bond acceptors (Lipinski definition) is 7. The predicted octanol–water partition coefficient (Wildman–Crippen LogP) is 1.50. The van der Waals surface area contributed by atoms with Crippen LogP contribution in [0.15, 0.2) is 22.7 Å². The Kier molecular flexibility index (Phi) is 4.96. The highest BCUT2D eigenvalue weighted by Crippen LogP contribution is 2.27. The van der Waals surface area contributed by atoms with Crippen molar-refractivity contribution in [2.45, 2.75) is 26.1 Å². The molecule has 1 fully saturated rings. The van der Waals surface area contributed by atoms with E-state index in [9.17, 15) is 0 Å². The van der Waals surface area contributed by atoms with E-state index in [0.29, 0.717) is 24.9 Å². The van der Waals surface area contributed by atoms with E-state index in [4.69, 9.17) is 9.26 Å². The topological polar surface area (TPSA) is 66.7 Å². The van der Waals surface area contributed by atoms with Crippen molar-refractivity contribution in [3.63, 3.8) is 0 Å². The molecule has 0 saturated carbocycles. The number of nitrogens with one attached hydrogen (secondary N) is 1. The maximum absolute atomic E-state index is 5.29. The summed E-state index contributed by atoms with van der Waals surface area (Å²) in [5.74, 6) is 1.28. The van der Waals surface area contributed by atoms with Gasteiger partial charge >= 0.3 is 0 Å². The van der Waals surface area contributed by atoms with Gasteiger partial charge in [0.05, 0.1) is 6.54 Å². The number of anilines is 1. The fraction of sp³-hybridized carbons (Fsp3) is 0.556. The first-order valence-corrected chi connectivity index (χ1v) is 8.91. The molecular formula is C18H25N5O2. The zero-order chi connectivity index (χ0) is 17.1. The summed E-state index contributed by atoms with van der Waals surface area (Å²) in [6, 6.07) is 6.67. The van der Waals surface area contributed by atoms with Gasteiger partial charge in [-0.05, 0) is 17.5 Å². The van der Waals surface area contributed by atoms with Crippen molar-refractivity contribution in [3.05, 3.63) is 41.0 Å². The fourth-order valence-corrected chi connectivity index (χ4v) is 3.62. The van der Waals surface area contributed by atoms with Crippen LogP contribution in [0.4, 0.5) is 5.69 Å². The first-order chi connectivity index (χ1) is 12.3. The molecule has 0 atom stereocenters. The average Bonchev–Trinajstić information content (AvgIpc) is 3.27. The summed E-state index contributed by atoms with van der Waals surface area (Å²) in [4.78, 5) is 9.25. The molecule has 0 unspecified atom stereocenters. The standard InChI is InChI=1S/C18H25N5O2/c1-24-13-16-20-17(25-21-16)12-23-9-7-22(8-10-23)11-15-4-2-3-14-5-6-19-18(14)15/h2-4,19H,5-13H2,1H3. The first kappa shape index (κ1) is 16.5. The molecular weight excluding hydrogens is 318 g/mol. The van der Waals surface area contributed by atoms with Crippen LogP contribution in [0.3, 0.4) is 0 Å². The number of benzene rings is 1. The van der Waals surface area contributed by atoms with E-state index in [0.717, 1.165) is 45.7 Å². The minimum atomic E-state index is 0.396. The number of aromatic nitrogens is 2. The van der Waals surface area contributed by atoms with Gasteiger partial charge in [-0.1, -0.05) is 23.4 Å². The Morgan fingerprint density at radius 2 is 1.96 bits per heavy atom. The highest BCUT2D eigenvalue weighted by molar-refractivity contribution is 5.61. The highest BCUT2D eigenvalue weighted by atomic mass is 16.5. The van der Waals surface area contributed by atoms with E-state index in [-0.39, 0.29) is 0 Å². The summed E-state index contributed by atoms with van der Waals surface area (Å²) in [7, 11) is 1.63. The summed E-state index contributed by atoms with van der Waals surface area (Å²) in [6.07, 6.45) is 1.15. The zero-order valence-corrected chi connectivity index (χ0v) is 14.7. The van der Waals surface area contributed by atoms with Gasteiger partial charge in [0.25, 0.3) is 0 Å². The molecule has 0 radical (unpaired) electrons. The SMILES string of the molecule is COCc1noc(CN2CCN(Cc3cccc4c3NCC4)CC2)n1. The van der Waals surface area contributed by atoms with Gasteiger partial charge in [-0.2, -0.15) is 4.98 Å². The van der Waals surface area contributed by atoms with Crippen molar-refractivity contribution in [3.8, 4) is 0 Å². The normalized spacial score (nSPS) is 18.3. The molecule has 0 bridgehead atoms. The number of fused-ring (bicyclic) bond motifs is 1. The Hall–Kier alpha value is -1.96. The van der Waals surface area contributed by atoms with E-state index >= 15 is 0 Å². The van der Waals surface area contributed by atoms with Crippen LogP contribution in [0.5, 0.6) is 0 Å². The second-order valence-electron chi connectivity index (χ2n) is 6.72. The van der Waals surface area contributed by atoms with Crippen LogP contribution < -0.4 is 5.32 Å². The van der Waals surface area contributed by atoms with Crippen LogP contribution in [0, 0.1) is 0 Å². The lowest BCUT2D eigenvalue weighted by Crippen LogP contribution is -2.45. The van der Waals surface area contributed by atoms with Gasteiger partial charge in [-0.3, -0.25) is 9.80 Å². The van der Waals surface area contributed by atoms with E-state index in [1.54, 1.807) is 7.11 Å². The Bertz CT molecular complexity index is 709. The van der Waals surface area contributed by atoms with E-state index in [1.807, 2.05) is 0 Å². The molecule has 1 aromatic carbocycles. The van der Waals surface area contributed by atoms with Crippen molar-refractivity contribution in [2.75, 3.05) is 45.2 Å². The molecule has 7 heteroatoms. The third-order valence-electron chi connectivity index (χ3n) is 4.93. The van der Waals surface area contributed by atoms with Crippen LogP contribution in [0.1, 0.15) is 22.8 Å². The van der Waals surface area contributed by atoms with E-state index in [2.05, 4.69) is 43.5 Å². The molecule has 2 aromatic rings. The molecule has 134 valence electrons. The molecule has 25 heavy (non-hydrogen) atoms. The molecule has 2 aliphatic rings. The molecule has 1 N–H and O–H groups in total. The third kappa shape index (κ3) is 3.84. The number of para-hydroxylation sites is 1. The smallest absolute Gasteiger partial charge is 0.240 e. The van der Waals surface area contributed by atoms with Crippen LogP contribution in [0.25, 0.3) is 0 Å². The molecule has 0 spiro atoms. The molecule has 1 saturated heterocycles. The average molecular weight is 343 g/mol. The second kappa shape index (κ2) is 7.51. The maximum atomic E-state index is 5.29. The van der Waals surface area contributed by atoms with Gasteiger partial charge in [-0.25, -0.2) is 0 Å². The number of ether oxygens (including phenoxy) is 1. The fourth-order valence-electron chi connectivity index (χ4n) is 3.62.